The molecule has 0 radical (unpaired) electrons. The molecule has 0 fully saturated rings. The number of ketones is 1. The van der Waals surface area contributed by atoms with Gasteiger partial charge in [0.15, 0.2) is 5.78 Å². The fraction of sp³-hybridized carbons (Fsp3) is 0.517. The van der Waals surface area contributed by atoms with E-state index in [9.17, 15) is 9.59 Å². The van der Waals surface area contributed by atoms with Gasteiger partial charge in [0.2, 0.25) is 5.91 Å². The van der Waals surface area contributed by atoms with Crippen molar-refractivity contribution in [2.24, 2.45) is 5.92 Å². The third kappa shape index (κ3) is 5.38. The molecule has 2 aromatic rings. The van der Waals surface area contributed by atoms with E-state index >= 15 is 0 Å². The van der Waals surface area contributed by atoms with E-state index in [1.807, 2.05) is 0 Å². The van der Waals surface area contributed by atoms with Crippen molar-refractivity contribution in [2.45, 2.75) is 90.6 Å². The van der Waals surface area contributed by atoms with Crippen molar-refractivity contribution < 1.29 is 9.59 Å². The Bertz CT molecular complexity index is 998. The second-order valence-electron chi connectivity index (χ2n) is 9.97. The van der Waals surface area contributed by atoms with E-state index in [1.54, 1.807) is 0 Å². The van der Waals surface area contributed by atoms with Crippen LogP contribution in [-0.2, 0) is 24.1 Å². The first-order valence-electron chi connectivity index (χ1n) is 12.8. The van der Waals surface area contributed by atoms with E-state index in [2.05, 4.69) is 67.8 Å². The lowest BCUT2D eigenvalue weighted by Gasteiger charge is -2.34. The summed E-state index contributed by atoms with van der Waals surface area (Å²) in [6, 6.07) is 13.2. The summed E-state index contributed by atoms with van der Waals surface area (Å²) < 4.78 is 0. The van der Waals surface area contributed by atoms with Gasteiger partial charge in [0.1, 0.15) is 0 Å². The summed E-state index contributed by atoms with van der Waals surface area (Å²) in [6.07, 6.45) is 8.74. The van der Waals surface area contributed by atoms with Gasteiger partial charge < -0.3 is 10.6 Å². The summed E-state index contributed by atoms with van der Waals surface area (Å²) in [4.78, 5) is 25.7. The van der Waals surface area contributed by atoms with E-state index in [0.29, 0.717) is 18.9 Å². The first-order chi connectivity index (χ1) is 16.0. The van der Waals surface area contributed by atoms with Crippen LogP contribution in [0.5, 0.6) is 0 Å². The molecule has 0 spiro atoms. The fourth-order valence-corrected chi connectivity index (χ4v) is 5.71. The first-order valence-corrected chi connectivity index (χ1v) is 12.8. The zero-order valence-corrected chi connectivity index (χ0v) is 20.4. The molecule has 0 saturated heterocycles. The molecule has 1 heterocycles. The van der Waals surface area contributed by atoms with Gasteiger partial charge in [-0.2, -0.15) is 0 Å². The molecule has 3 unspecified atom stereocenters. The summed E-state index contributed by atoms with van der Waals surface area (Å²) in [5, 5.41) is 6.86. The predicted octanol–water partition coefficient (Wildman–Crippen LogP) is 5.79. The molecule has 1 aliphatic carbocycles. The third-order valence-corrected chi connectivity index (χ3v) is 7.51. The molecular formula is C29H38N2O2. The lowest BCUT2D eigenvalue weighted by molar-refractivity contribution is -0.116. The number of hydrogen-bond acceptors (Lipinski definition) is 3. The van der Waals surface area contributed by atoms with Crippen LogP contribution in [0.2, 0.25) is 0 Å². The summed E-state index contributed by atoms with van der Waals surface area (Å²) >= 11 is 0. The second-order valence-corrected chi connectivity index (χ2v) is 9.97. The summed E-state index contributed by atoms with van der Waals surface area (Å²) in [5.41, 5.74) is 6.47. The fourth-order valence-electron chi connectivity index (χ4n) is 5.71. The predicted molar refractivity (Wildman–Crippen MR) is 135 cm³/mol. The van der Waals surface area contributed by atoms with Crippen molar-refractivity contribution in [3.05, 3.63) is 64.2 Å². The van der Waals surface area contributed by atoms with Crippen LogP contribution < -0.4 is 10.6 Å². The Hall–Kier alpha value is -2.46. The third-order valence-electron chi connectivity index (χ3n) is 7.51. The van der Waals surface area contributed by atoms with Crippen LogP contribution in [-0.4, -0.2) is 23.8 Å². The van der Waals surface area contributed by atoms with Crippen LogP contribution >= 0.6 is 0 Å². The van der Waals surface area contributed by atoms with Crippen LogP contribution in [0.3, 0.4) is 0 Å². The van der Waals surface area contributed by atoms with Crippen LogP contribution in [0.4, 0.5) is 5.69 Å². The molecule has 0 bridgehead atoms. The zero-order valence-electron chi connectivity index (χ0n) is 20.4. The van der Waals surface area contributed by atoms with E-state index < -0.39 is 0 Å². The summed E-state index contributed by atoms with van der Waals surface area (Å²) in [7, 11) is 0. The van der Waals surface area contributed by atoms with Crippen molar-refractivity contribution in [3.63, 3.8) is 0 Å². The number of aryl methyl sites for hydroxylation is 1. The number of amides is 1. The minimum absolute atomic E-state index is 0.0227. The van der Waals surface area contributed by atoms with Crippen LogP contribution in [0.1, 0.15) is 85.0 Å². The van der Waals surface area contributed by atoms with Crippen LogP contribution in [0.25, 0.3) is 0 Å². The van der Waals surface area contributed by atoms with Crippen molar-refractivity contribution in [1.82, 2.24) is 5.32 Å². The van der Waals surface area contributed by atoms with Gasteiger partial charge in [0.05, 0.1) is 0 Å². The molecule has 0 aromatic heterocycles. The Morgan fingerprint density at radius 3 is 2.61 bits per heavy atom. The molecule has 33 heavy (non-hydrogen) atoms. The monoisotopic (exact) mass is 446 g/mol. The molecule has 2 N–H and O–H groups in total. The number of rotatable bonds is 9. The molecule has 176 valence electrons. The van der Waals surface area contributed by atoms with Gasteiger partial charge in [0, 0.05) is 35.7 Å². The standard InChI is InChI=1S/C29H38N2O2/c1-4-5-7-12-22(18-21-10-8-6-9-11-21)30-20(3)24-14-13-23-19(2)17-26-25(28(23)29(24)33)15-16-27(32)31-26/h6,8-11,17,20,22,24,30H,4-5,7,12-16,18H2,1-3H3,(H,31,32). The smallest absolute Gasteiger partial charge is 0.224 e. The SMILES string of the molecule is CCCCCC(Cc1ccccc1)NC(C)C1CCc2c(C)cc3c(c2C1=O)CCC(=O)N3. The molecule has 0 saturated carbocycles. The van der Waals surface area contributed by atoms with Crippen molar-refractivity contribution >= 4 is 17.4 Å². The maximum atomic E-state index is 13.8. The Morgan fingerprint density at radius 1 is 1.06 bits per heavy atom. The number of nitrogens with one attached hydrogen (secondary N) is 2. The average molecular weight is 447 g/mol. The Labute approximate surface area is 198 Å². The Morgan fingerprint density at radius 2 is 1.85 bits per heavy atom. The lowest BCUT2D eigenvalue weighted by Crippen LogP contribution is -2.46. The maximum Gasteiger partial charge on any atom is 0.224 e. The van der Waals surface area contributed by atoms with Crippen molar-refractivity contribution in [3.8, 4) is 0 Å². The molecular weight excluding hydrogens is 408 g/mol. The topological polar surface area (TPSA) is 58.2 Å². The Kier molecular flexibility index (Phi) is 7.64. The highest BCUT2D eigenvalue weighted by molar-refractivity contribution is 6.06. The van der Waals surface area contributed by atoms with Gasteiger partial charge in [-0.05, 0) is 74.3 Å². The molecule has 1 aliphatic heterocycles. The zero-order chi connectivity index (χ0) is 23.4. The molecule has 2 aromatic carbocycles. The molecule has 1 amide bonds. The summed E-state index contributed by atoms with van der Waals surface area (Å²) in [5.74, 6) is 0.289. The van der Waals surface area contributed by atoms with Gasteiger partial charge in [-0.25, -0.2) is 0 Å². The maximum absolute atomic E-state index is 13.8. The number of benzene rings is 2. The molecule has 4 heteroatoms. The minimum Gasteiger partial charge on any atom is -0.326 e. The lowest BCUT2D eigenvalue weighted by atomic mass is 9.74. The molecule has 2 aliphatic rings. The van der Waals surface area contributed by atoms with Crippen molar-refractivity contribution in [2.75, 3.05) is 5.32 Å². The number of unbranched alkanes of at least 4 members (excludes halogenated alkanes) is 2. The van der Waals surface area contributed by atoms with Crippen LogP contribution in [0, 0.1) is 12.8 Å². The normalized spacial score (nSPS) is 19.4. The number of carbonyl (C=O) groups excluding carboxylic acids is 2. The van der Waals surface area contributed by atoms with E-state index in [0.717, 1.165) is 48.1 Å². The largest absolute Gasteiger partial charge is 0.326 e. The van der Waals surface area contributed by atoms with Gasteiger partial charge in [0.25, 0.3) is 0 Å². The minimum atomic E-state index is -0.0227. The highest BCUT2D eigenvalue weighted by Crippen LogP contribution is 2.38. The number of carbonyl (C=O) groups is 2. The molecule has 3 atom stereocenters. The number of hydrogen-bond donors (Lipinski definition) is 2. The average Bonchev–Trinajstić information content (AvgIpc) is 2.80. The molecule has 4 nitrogen and oxygen atoms in total. The van der Waals surface area contributed by atoms with Crippen LogP contribution in [0.15, 0.2) is 36.4 Å². The van der Waals surface area contributed by atoms with E-state index in [-0.39, 0.29) is 23.7 Å². The van der Waals surface area contributed by atoms with E-state index in [4.69, 9.17) is 0 Å². The Balaban J connectivity index is 1.53. The number of anilines is 1. The quantitative estimate of drug-likeness (QED) is 0.479. The highest BCUT2D eigenvalue weighted by atomic mass is 16.1. The van der Waals surface area contributed by atoms with Gasteiger partial charge in [-0.1, -0.05) is 56.5 Å². The second kappa shape index (κ2) is 10.6. The number of Topliss-reactive ketones (excluding diaryl/α,β-unsaturated/α-hetero) is 1. The van der Waals surface area contributed by atoms with Crippen molar-refractivity contribution in [1.29, 1.82) is 0 Å². The summed E-state index contributed by atoms with van der Waals surface area (Å²) in [6.45, 7) is 6.50. The first kappa shape index (κ1) is 23.7. The highest BCUT2D eigenvalue weighted by Gasteiger charge is 2.36. The molecule has 4 rings (SSSR count). The van der Waals surface area contributed by atoms with Gasteiger partial charge >= 0.3 is 0 Å². The van der Waals surface area contributed by atoms with Gasteiger partial charge in [-0.15, -0.1) is 0 Å². The van der Waals surface area contributed by atoms with E-state index in [1.165, 1.54) is 30.4 Å². The van der Waals surface area contributed by atoms with Gasteiger partial charge in [-0.3, -0.25) is 9.59 Å². The number of fused-ring (bicyclic) bond motifs is 3.